The molecule has 0 bridgehead atoms. The molecule has 0 unspecified atom stereocenters. The van der Waals surface area contributed by atoms with E-state index in [-0.39, 0.29) is 0 Å². The Labute approximate surface area is 374 Å². The minimum absolute atomic E-state index is 0.855. The number of nitrogens with one attached hydrogen (secondary N) is 3. The summed E-state index contributed by atoms with van der Waals surface area (Å²) in [7, 11) is -2.74. The molecule has 0 aromatic heterocycles. The molecule has 3 N–H and O–H groups in total. The van der Waals surface area contributed by atoms with Crippen LogP contribution in [0, 0.1) is 0 Å². The van der Waals surface area contributed by atoms with Crippen molar-refractivity contribution in [2.24, 2.45) is 0 Å². The standard InChI is InChI=1S/C54H114N3OP/c1-4-7-10-13-16-19-22-25-28-31-34-37-40-43-46-49-52-55-59(58,56-53-50-47-44-41-38-35-32-29-26-23-20-17-14-11-8-5-2)57-54-51-48-45-42-39-36-33-30-27-24-21-18-15-12-9-6-3/h4-54H2,1-3H3,(H3,55,56,57,58). The van der Waals surface area contributed by atoms with Crippen LogP contribution in [0.2, 0.25) is 0 Å². The summed E-state index contributed by atoms with van der Waals surface area (Å²) in [6.45, 7) is 9.48. The molecule has 0 fully saturated rings. The van der Waals surface area contributed by atoms with Crippen LogP contribution in [0.1, 0.15) is 329 Å². The summed E-state index contributed by atoms with van der Waals surface area (Å²) in [4.78, 5) is 0. The molecule has 4 nitrogen and oxygen atoms in total. The van der Waals surface area contributed by atoms with Gasteiger partial charge in [0.25, 0.3) is 7.59 Å². The quantitative estimate of drug-likeness (QED) is 0.0421. The molecule has 0 aliphatic carbocycles. The van der Waals surface area contributed by atoms with E-state index in [4.69, 9.17) is 0 Å². The van der Waals surface area contributed by atoms with Crippen LogP contribution in [0.25, 0.3) is 0 Å². The molecular formula is C54H114N3OP. The number of hydrogen-bond acceptors (Lipinski definition) is 1. The molecule has 0 aliphatic heterocycles. The third-order valence-electron chi connectivity index (χ3n) is 13.1. The van der Waals surface area contributed by atoms with Crippen LogP contribution in [0.4, 0.5) is 0 Å². The zero-order valence-corrected chi connectivity index (χ0v) is 42.3. The first-order valence-electron chi connectivity index (χ1n) is 28.0. The highest BCUT2D eigenvalue weighted by molar-refractivity contribution is 7.57. The van der Waals surface area contributed by atoms with E-state index in [9.17, 15) is 4.57 Å². The molecule has 0 aromatic rings. The Bertz CT molecular complexity index is 694. The van der Waals surface area contributed by atoms with Crippen molar-refractivity contribution in [1.29, 1.82) is 0 Å². The average Bonchev–Trinajstić information content (AvgIpc) is 3.24. The average molecular weight is 852 g/mol. The van der Waals surface area contributed by atoms with E-state index < -0.39 is 7.59 Å². The van der Waals surface area contributed by atoms with Crippen molar-refractivity contribution < 1.29 is 4.57 Å². The zero-order valence-electron chi connectivity index (χ0n) is 41.4. The highest BCUT2D eigenvalue weighted by Gasteiger charge is 2.19. The van der Waals surface area contributed by atoms with Crippen LogP contribution in [-0.4, -0.2) is 19.6 Å². The van der Waals surface area contributed by atoms with Crippen LogP contribution in [0.5, 0.6) is 0 Å². The first kappa shape index (κ1) is 59.1. The Morgan fingerprint density at radius 1 is 0.203 bits per heavy atom. The highest BCUT2D eigenvalue weighted by Crippen LogP contribution is 2.30. The number of unbranched alkanes of at least 4 members (excludes halogenated alkanes) is 45. The van der Waals surface area contributed by atoms with Gasteiger partial charge in [-0.05, 0) is 19.3 Å². The fraction of sp³-hybridized carbons (Fsp3) is 1.00. The predicted octanol–water partition coefficient (Wildman–Crippen LogP) is 19.6. The van der Waals surface area contributed by atoms with Crippen molar-refractivity contribution in [1.82, 2.24) is 15.3 Å². The van der Waals surface area contributed by atoms with Gasteiger partial charge in [0, 0.05) is 19.6 Å². The van der Waals surface area contributed by atoms with Gasteiger partial charge in [-0.15, -0.1) is 0 Å². The van der Waals surface area contributed by atoms with Gasteiger partial charge in [0.15, 0.2) is 0 Å². The Balaban J connectivity index is 4.08. The van der Waals surface area contributed by atoms with Crippen molar-refractivity contribution in [3.63, 3.8) is 0 Å². The van der Waals surface area contributed by atoms with E-state index in [1.807, 2.05) is 0 Å². The lowest BCUT2D eigenvalue weighted by Crippen LogP contribution is -2.33. The molecule has 0 atom stereocenters. The van der Waals surface area contributed by atoms with Crippen LogP contribution < -0.4 is 15.3 Å². The topological polar surface area (TPSA) is 53.2 Å². The maximum Gasteiger partial charge on any atom is 0.279 e. The van der Waals surface area contributed by atoms with Gasteiger partial charge in [-0.1, -0.05) is 310 Å². The van der Waals surface area contributed by atoms with Crippen LogP contribution in [0.15, 0.2) is 0 Å². The number of hydrogen-bond donors (Lipinski definition) is 3. The molecule has 356 valence electrons. The third kappa shape index (κ3) is 50.6. The van der Waals surface area contributed by atoms with Gasteiger partial charge in [0.1, 0.15) is 0 Å². The number of rotatable bonds is 54. The van der Waals surface area contributed by atoms with E-state index >= 15 is 0 Å². The highest BCUT2D eigenvalue weighted by atomic mass is 31.2. The fourth-order valence-corrected chi connectivity index (χ4v) is 10.7. The second-order valence-corrected chi connectivity index (χ2v) is 21.4. The Morgan fingerprint density at radius 2 is 0.322 bits per heavy atom. The second-order valence-electron chi connectivity index (χ2n) is 19.2. The largest absolute Gasteiger partial charge is 0.279 e. The summed E-state index contributed by atoms with van der Waals surface area (Å²) in [5, 5.41) is 10.5. The summed E-state index contributed by atoms with van der Waals surface area (Å²) in [6, 6.07) is 0. The van der Waals surface area contributed by atoms with Gasteiger partial charge in [-0.3, -0.25) is 4.57 Å². The van der Waals surface area contributed by atoms with Crippen LogP contribution in [-0.2, 0) is 4.57 Å². The molecule has 5 heteroatoms. The van der Waals surface area contributed by atoms with Gasteiger partial charge in [0.05, 0.1) is 0 Å². The summed E-state index contributed by atoms with van der Waals surface area (Å²) < 4.78 is 14.0. The van der Waals surface area contributed by atoms with E-state index in [0.29, 0.717) is 0 Å². The minimum atomic E-state index is -2.74. The van der Waals surface area contributed by atoms with Gasteiger partial charge < -0.3 is 0 Å². The predicted molar refractivity (Wildman–Crippen MR) is 270 cm³/mol. The summed E-state index contributed by atoms with van der Waals surface area (Å²) >= 11 is 0. The van der Waals surface area contributed by atoms with Gasteiger partial charge in [-0.2, -0.15) is 0 Å². The molecule has 0 saturated heterocycles. The first-order chi connectivity index (χ1) is 29.2. The summed E-state index contributed by atoms with van der Waals surface area (Å²) in [6.07, 6.45) is 66.6. The lowest BCUT2D eigenvalue weighted by atomic mass is 10.0. The van der Waals surface area contributed by atoms with Crippen LogP contribution >= 0.6 is 7.59 Å². The van der Waals surface area contributed by atoms with Crippen LogP contribution in [0.3, 0.4) is 0 Å². The molecule has 0 aliphatic rings. The SMILES string of the molecule is CCCCCCCCCCCCCCCCCCNP(=O)(NCCCCCCCCCCCCCCCCCC)NCCCCCCCCCCCCCCCCCC. The van der Waals surface area contributed by atoms with Crippen molar-refractivity contribution in [3.8, 4) is 0 Å². The lowest BCUT2D eigenvalue weighted by Gasteiger charge is -2.22. The van der Waals surface area contributed by atoms with Crippen molar-refractivity contribution in [2.45, 2.75) is 329 Å². The molecule has 0 spiro atoms. The van der Waals surface area contributed by atoms with Gasteiger partial charge in [-0.25, -0.2) is 15.3 Å². The second kappa shape index (κ2) is 52.5. The van der Waals surface area contributed by atoms with Crippen molar-refractivity contribution in [3.05, 3.63) is 0 Å². The molecule has 0 amide bonds. The van der Waals surface area contributed by atoms with E-state index in [0.717, 1.165) is 38.9 Å². The first-order valence-corrected chi connectivity index (χ1v) is 29.7. The fourth-order valence-electron chi connectivity index (χ4n) is 8.90. The Kier molecular flexibility index (Phi) is 52.6. The summed E-state index contributed by atoms with van der Waals surface area (Å²) in [5.74, 6) is 0. The molecule has 0 rings (SSSR count). The molecular weight excluding hydrogens is 738 g/mol. The smallest absolute Gasteiger partial charge is 0.271 e. The summed E-state index contributed by atoms with van der Waals surface area (Å²) in [5.41, 5.74) is 0. The maximum atomic E-state index is 14.0. The molecule has 59 heavy (non-hydrogen) atoms. The molecule has 0 heterocycles. The third-order valence-corrected chi connectivity index (χ3v) is 15.1. The normalized spacial score (nSPS) is 12.0. The molecule has 0 radical (unpaired) electrons. The lowest BCUT2D eigenvalue weighted by molar-refractivity contribution is 0.513. The van der Waals surface area contributed by atoms with Crippen molar-refractivity contribution >= 4 is 7.59 Å². The Morgan fingerprint density at radius 3 is 0.458 bits per heavy atom. The van der Waals surface area contributed by atoms with E-state index in [1.54, 1.807) is 0 Å². The van der Waals surface area contributed by atoms with E-state index in [1.165, 1.54) is 289 Å². The van der Waals surface area contributed by atoms with E-state index in [2.05, 4.69) is 36.0 Å². The maximum absolute atomic E-state index is 14.0. The van der Waals surface area contributed by atoms with Gasteiger partial charge >= 0.3 is 0 Å². The monoisotopic (exact) mass is 852 g/mol. The molecule has 0 saturated carbocycles. The van der Waals surface area contributed by atoms with Crippen molar-refractivity contribution in [2.75, 3.05) is 19.6 Å². The Hall–Kier alpha value is 0.110. The van der Waals surface area contributed by atoms with Gasteiger partial charge in [0.2, 0.25) is 0 Å². The minimum Gasteiger partial charge on any atom is -0.271 e. The zero-order chi connectivity index (χ0) is 42.7. The molecule has 0 aromatic carbocycles.